The number of rotatable bonds is 2. The molecule has 132 valence electrons. The lowest BCUT2D eigenvalue weighted by Crippen LogP contribution is -2.43. The number of likely N-dealkylation sites (tertiary alicyclic amines) is 1. The fourth-order valence-electron chi connectivity index (χ4n) is 4.17. The molecule has 2 aliphatic rings. The van der Waals surface area contributed by atoms with Gasteiger partial charge in [0.1, 0.15) is 0 Å². The molecule has 1 spiro atoms. The predicted molar refractivity (Wildman–Crippen MR) is 94.6 cm³/mol. The van der Waals surface area contributed by atoms with Crippen molar-refractivity contribution in [1.82, 2.24) is 14.7 Å². The molecule has 2 saturated heterocycles. The average molecular weight is 331 g/mol. The molecule has 0 N–H and O–H groups in total. The number of aromatic nitrogens is 2. The first-order valence-electron chi connectivity index (χ1n) is 8.83. The SMILES string of the molecule is Cc1nn(C)c(C)c1/C=C/C(=O)N1CCC2(CC1)COC(C)(C)C2. The highest BCUT2D eigenvalue weighted by Gasteiger charge is 2.46. The van der Waals surface area contributed by atoms with Crippen molar-refractivity contribution in [2.45, 2.75) is 52.6 Å². The molecule has 5 nitrogen and oxygen atoms in total. The first kappa shape index (κ1) is 17.2. The quantitative estimate of drug-likeness (QED) is 0.783. The molecule has 1 amide bonds. The number of carbonyl (C=O) groups is 1. The molecule has 24 heavy (non-hydrogen) atoms. The summed E-state index contributed by atoms with van der Waals surface area (Å²) in [5, 5.41) is 4.39. The highest BCUT2D eigenvalue weighted by molar-refractivity contribution is 5.92. The Hall–Kier alpha value is -1.62. The Labute approximate surface area is 144 Å². The second kappa shape index (κ2) is 6.03. The van der Waals surface area contributed by atoms with Crippen LogP contribution < -0.4 is 0 Å². The Balaban J connectivity index is 1.61. The summed E-state index contributed by atoms with van der Waals surface area (Å²) < 4.78 is 7.79. The molecule has 0 bridgehead atoms. The molecule has 2 fully saturated rings. The minimum Gasteiger partial charge on any atom is -0.375 e. The summed E-state index contributed by atoms with van der Waals surface area (Å²) in [6, 6.07) is 0. The molecule has 0 aromatic carbocycles. The normalized spacial score (nSPS) is 22.6. The largest absolute Gasteiger partial charge is 0.375 e. The lowest BCUT2D eigenvalue weighted by molar-refractivity contribution is -0.128. The monoisotopic (exact) mass is 331 g/mol. The Bertz CT molecular complexity index is 664. The maximum absolute atomic E-state index is 12.5. The van der Waals surface area contributed by atoms with E-state index in [1.807, 2.05) is 36.6 Å². The third-order valence-corrected chi connectivity index (χ3v) is 5.66. The van der Waals surface area contributed by atoms with Crippen LogP contribution in [-0.2, 0) is 16.6 Å². The van der Waals surface area contributed by atoms with Gasteiger partial charge in [0.2, 0.25) is 5.91 Å². The summed E-state index contributed by atoms with van der Waals surface area (Å²) in [5.74, 6) is 0.102. The third-order valence-electron chi connectivity index (χ3n) is 5.66. The van der Waals surface area contributed by atoms with Crippen molar-refractivity contribution in [1.29, 1.82) is 0 Å². The number of aryl methyl sites for hydroxylation is 2. The highest BCUT2D eigenvalue weighted by atomic mass is 16.5. The van der Waals surface area contributed by atoms with Gasteiger partial charge >= 0.3 is 0 Å². The van der Waals surface area contributed by atoms with E-state index in [1.54, 1.807) is 6.08 Å². The van der Waals surface area contributed by atoms with Crippen LogP contribution in [-0.4, -0.2) is 45.9 Å². The summed E-state index contributed by atoms with van der Waals surface area (Å²) in [6.07, 6.45) is 6.80. The molecule has 0 unspecified atom stereocenters. The Morgan fingerprint density at radius 2 is 1.92 bits per heavy atom. The van der Waals surface area contributed by atoms with Gasteiger partial charge in [-0.3, -0.25) is 9.48 Å². The predicted octanol–water partition coefficient (Wildman–Crippen LogP) is 2.86. The Morgan fingerprint density at radius 3 is 2.42 bits per heavy atom. The van der Waals surface area contributed by atoms with Crippen molar-refractivity contribution in [2.24, 2.45) is 12.5 Å². The molecule has 1 aromatic heterocycles. The van der Waals surface area contributed by atoms with Gasteiger partial charge in [0.25, 0.3) is 0 Å². The van der Waals surface area contributed by atoms with Gasteiger partial charge in [-0.25, -0.2) is 0 Å². The van der Waals surface area contributed by atoms with Gasteiger partial charge in [-0.2, -0.15) is 5.10 Å². The second-order valence-electron chi connectivity index (χ2n) is 8.09. The first-order chi connectivity index (χ1) is 11.2. The molecular weight excluding hydrogens is 302 g/mol. The van der Waals surface area contributed by atoms with Crippen molar-refractivity contribution >= 4 is 12.0 Å². The van der Waals surface area contributed by atoms with E-state index in [0.29, 0.717) is 0 Å². The number of ether oxygens (including phenoxy) is 1. The van der Waals surface area contributed by atoms with Gasteiger partial charge in [-0.05, 0) is 58.4 Å². The number of nitrogens with zero attached hydrogens (tertiary/aromatic N) is 3. The zero-order chi connectivity index (χ0) is 17.5. The third kappa shape index (κ3) is 3.27. The van der Waals surface area contributed by atoms with Gasteiger partial charge in [0.15, 0.2) is 0 Å². The summed E-state index contributed by atoms with van der Waals surface area (Å²) in [5.41, 5.74) is 3.36. The number of amides is 1. The van der Waals surface area contributed by atoms with E-state index in [0.717, 1.165) is 55.9 Å². The van der Waals surface area contributed by atoms with Crippen molar-refractivity contribution in [3.63, 3.8) is 0 Å². The first-order valence-corrected chi connectivity index (χ1v) is 8.83. The maximum Gasteiger partial charge on any atom is 0.246 e. The second-order valence-corrected chi connectivity index (χ2v) is 8.09. The number of hydrogen-bond donors (Lipinski definition) is 0. The molecule has 0 aliphatic carbocycles. The fourth-order valence-corrected chi connectivity index (χ4v) is 4.17. The fraction of sp³-hybridized carbons (Fsp3) is 0.684. The molecular formula is C19H29N3O2. The van der Waals surface area contributed by atoms with E-state index in [1.165, 1.54) is 0 Å². The molecule has 1 aromatic rings. The van der Waals surface area contributed by atoms with Crippen LogP contribution in [0.3, 0.4) is 0 Å². The smallest absolute Gasteiger partial charge is 0.246 e. The maximum atomic E-state index is 12.5. The van der Waals surface area contributed by atoms with Gasteiger partial charge in [-0.15, -0.1) is 0 Å². The minimum atomic E-state index is -0.0125. The number of hydrogen-bond acceptors (Lipinski definition) is 3. The van der Waals surface area contributed by atoms with Crippen LogP contribution >= 0.6 is 0 Å². The molecule has 5 heteroatoms. The summed E-state index contributed by atoms with van der Waals surface area (Å²) in [7, 11) is 1.93. The molecule has 0 saturated carbocycles. The van der Waals surface area contributed by atoms with Gasteiger partial charge < -0.3 is 9.64 Å². The van der Waals surface area contributed by atoms with E-state index < -0.39 is 0 Å². The molecule has 3 rings (SSSR count). The molecule has 0 radical (unpaired) electrons. The van der Waals surface area contributed by atoms with Crippen molar-refractivity contribution in [3.05, 3.63) is 23.0 Å². The van der Waals surface area contributed by atoms with Crippen LogP contribution in [0.4, 0.5) is 0 Å². The summed E-state index contributed by atoms with van der Waals surface area (Å²) >= 11 is 0. The van der Waals surface area contributed by atoms with Crippen molar-refractivity contribution < 1.29 is 9.53 Å². The van der Waals surface area contributed by atoms with Crippen LogP contribution in [0.5, 0.6) is 0 Å². The van der Waals surface area contributed by atoms with Crippen molar-refractivity contribution in [3.8, 4) is 0 Å². The highest BCUT2D eigenvalue weighted by Crippen LogP contribution is 2.46. The molecule has 3 heterocycles. The zero-order valence-electron chi connectivity index (χ0n) is 15.6. The van der Waals surface area contributed by atoms with Crippen LogP contribution in [0.15, 0.2) is 6.08 Å². The van der Waals surface area contributed by atoms with Crippen LogP contribution in [0.2, 0.25) is 0 Å². The lowest BCUT2D eigenvalue weighted by Gasteiger charge is -2.38. The summed E-state index contributed by atoms with van der Waals surface area (Å²) in [4.78, 5) is 14.5. The van der Waals surface area contributed by atoms with Crippen LogP contribution in [0.25, 0.3) is 6.08 Å². The van der Waals surface area contributed by atoms with Crippen molar-refractivity contribution in [2.75, 3.05) is 19.7 Å². The lowest BCUT2D eigenvalue weighted by atomic mass is 9.74. The van der Waals surface area contributed by atoms with E-state index >= 15 is 0 Å². The van der Waals surface area contributed by atoms with E-state index in [9.17, 15) is 4.79 Å². The molecule has 2 aliphatic heterocycles. The number of carbonyl (C=O) groups excluding carboxylic acids is 1. The Kier molecular flexibility index (Phi) is 4.32. The van der Waals surface area contributed by atoms with Crippen LogP contribution in [0.1, 0.15) is 50.1 Å². The van der Waals surface area contributed by atoms with E-state index in [2.05, 4.69) is 18.9 Å². The average Bonchev–Trinajstić information content (AvgIpc) is 2.94. The Morgan fingerprint density at radius 1 is 1.25 bits per heavy atom. The molecule has 0 atom stereocenters. The standard InChI is InChI=1S/C19H29N3O2/c1-14-16(15(2)21(5)20-14)6-7-17(23)22-10-8-19(9-11-22)12-18(3,4)24-13-19/h6-7H,8-13H2,1-5H3/b7-6+. The van der Waals surface area contributed by atoms with Gasteiger partial charge in [0.05, 0.1) is 17.9 Å². The van der Waals surface area contributed by atoms with E-state index in [4.69, 9.17) is 4.74 Å². The summed E-state index contributed by atoms with van der Waals surface area (Å²) in [6.45, 7) is 10.8. The number of piperidine rings is 1. The minimum absolute atomic E-state index is 0.0125. The van der Waals surface area contributed by atoms with Gasteiger partial charge in [0, 0.05) is 37.5 Å². The van der Waals surface area contributed by atoms with Crippen LogP contribution in [0, 0.1) is 19.3 Å². The topological polar surface area (TPSA) is 47.4 Å². The van der Waals surface area contributed by atoms with E-state index in [-0.39, 0.29) is 16.9 Å². The zero-order valence-corrected chi connectivity index (χ0v) is 15.6. The van der Waals surface area contributed by atoms with Gasteiger partial charge in [-0.1, -0.05) is 0 Å².